The Morgan fingerprint density at radius 2 is 1.92 bits per heavy atom. The van der Waals surface area contributed by atoms with Crippen LogP contribution in [0, 0.1) is 6.92 Å². The molecule has 0 bridgehead atoms. The second-order valence-electron chi connectivity index (χ2n) is 6.22. The van der Waals surface area contributed by atoms with Gasteiger partial charge in [0.25, 0.3) is 5.91 Å². The first-order valence-corrected chi connectivity index (χ1v) is 8.54. The van der Waals surface area contributed by atoms with Crippen molar-refractivity contribution in [3.63, 3.8) is 0 Å². The summed E-state index contributed by atoms with van der Waals surface area (Å²) in [6, 6.07) is 11.2. The molecule has 0 radical (unpaired) electrons. The van der Waals surface area contributed by atoms with E-state index >= 15 is 0 Å². The molecule has 1 atom stereocenters. The van der Waals surface area contributed by atoms with Crippen LogP contribution in [0.4, 0.5) is 0 Å². The predicted molar refractivity (Wildman–Crippen MR) is 99.6 cm³/mol. The van der Waals surface area contributed by atoms with Crippen molar-refractivity contribution in [3.8, 4) is 11.1 Å². The van der Waals surface area contributed by atoms with E-state index in [-0.39, 0.29) is 18.6 Å². The monoisotopic (exact) mass is 350 g/mol. The molecule has 3 rings (SSSR count). The minimum atomic E-state index is -0.124. The summed E-state index contributed by atoms with van der Waals surface area (Å²) in [5, 5.41) is 16.1. The number of aliphatic hydroxyl groups is 1. The molecule has 1 amide bonds. The van der Waals surface area contributed by atoms with E-state index in [1.54, 1.807) is 29.2 Å². The van der Waals surface area contributed by atoms with Gasteiger partial charge in [0.15, 0.2) is 0 Å². The molecule has 0 aliphatic carbocycles. The summed E-state index contributed by atoms with van der Waals surface area (Å²) < 4.78 is 1.69. The van der Waals surface area contributed by atoms with Crippen molar-refractivity contribution < 1.29 is 9.90 Å². The third-order valence-electron chi connectivity index (χ3n) is 4.22. The van der Waals surface area contributed by atoms with E-state index in [0.717, 1.165) is 22.4 Å². The average Bonchev–Trinajstić information content (AvgIpc) is 3.11. The zero-order chi connectivity index (χ0) is 18.5. The van der Waals surface area contributed by atoms with Gasteiger partial charge in [0.05, 0.1) is 25.4 Å². The molecule has 6 heteroatoms. The Morgan fingerprint density at radius 3 is 2.58 bits per heavy atom. The fraction of sp³-hybridized carbons (Fsp3) is 0.250. The molecule has 1 unspecified atom stereocenters. The van der Waals surface area contributed by atoms with Crippen LogP contribution in [0.1, 0.15) is 34.6 Å². The standard InChI is InChI=1S/C20H22N4O2/c1-14-3-4-18(11-21-14)15(2)23-20(26)17-7-5-16(6-8-17)19-12-22-24(13-19)9-10-25/h3-8,11-13,15,25H,9-10H2,1-2H3,(H,23,26). The first-order valence-electron chi connectivity index (χ1n) is 8.54. The number of nitrogens with zero attached hydrogens (tertiary/aromatic N) is 3. The first-order chi connectivity index (χ1) is 12.6. The van der Waals surface area contributed by atoms with Crippen LogP contribution >= 0.6 is 0 Å². The van der Waals surface area contributed by atoms with Gasteiger partial charge in [-0.1, -0.05) is 18.2 Å². The lowest BCUT2D eigenvalue weighted by Gasteiger charge is -2.14. The summed E-state index contributed by atoms with van der Waals surface area (Å²) in [6.45, 7) is 4.39. The van der Waals surface area contributed by atoms with E-state index in [1.807, 2.05) is 44.3 Å². The number of rotatable bonds is 6. The van der Waals surface area contributed by atoms with Gasteiger partial charge in [-0.3, -0.25) is 14.5 Å². The molecule has 0 spiro atoms. The van der Waals surface area contributed by atoms with Crippen molar-refractivity contribution in [2.45, 2.75) is 26.4 Å². The molecular weight excluding hydrogens is 328 g/mol. The Labute approximate surface area is 152 Å². The van der Waals surface area contributed by atoms with Crippen molar-refractivity contribution in [3.05, 3.63) is 71.8 Å². The number of hydrogen-bond acceptors (Lipinski definition) is 4. The lowest BCUT2D eigenvalue weighted by molar-refractivity contribution is 0.0940. The number of benzene rings is 1. The topological polar surface area (TPSA) is 80.0 Å². The lowest BCUT2D eigenvalue weighted by atomic mass is 10.1. The van der Waals surface area contributed by atoms with Crippen LogP contribution < -0.4 is 5.32 Å². The molecule has 6 nitrogen and oxygen atoms in total. The number of aromatic nitrogens is 3. The largest absolute Gasteiger partial charge is 0.394 e. The van der Waals surface area contributed by atoms with Crippen molar-refractivity contribution >= 4 is 5.91 Å². The summed E-state index contributed by atoms with van der Waals surface area (Å²) in [6.07, 6.45) is 5.41. The fourth-order valence-corrected chi connectivity index (χ4v) is 2.65. The van der Waals surface area contributed by atoms with Crippen LogP contribution in [0.3, 0.4) is 0 Å². The minimum Gasteiger partial charge on any atom is -0.394 e. The number of aliphatic hydroxyl groups excluding tert-OH is 1. The molecule has 1 aromatic carbocycles. The Kier molecular flexibility index (Phi) is 5.43. The van der Waals surface area contributed by atoms with Gasteiger partial charge in [-0.25, -0.2) is 0 Å². The highest BCUT2D eigenvalue weighted by molar-refractivity contribution is 5.94. The van der Waals surface area contributed by atoms with Gasteiger partial charge in [-0.05, 0) is 43.2 Å². The van der Waals surface area contributed by atoms with Gasteiger partial charge < -0.3 is 10.4 Å². The van der Waals surface area contributed by atoms with Crippen LogP contribution in [0.25, 0.3) is 11.1 Å². The third-order valence-corrected chi connectivity index (χ3v) is 4.22. The van der Waals surface area contributed by atoms with E-state index < -0.39 is 0 Å². The number of nitrogens with one attached hydrogen (secondary N) is 1. The summed E-state index contributed by atoms with van der Waals surface area (Å²) in [5.74, 6) is -0.124. The second kappa shape index (κ2) is 7.93. The Morgan fingerprint density at radius 1 is 1.15 bits per heavy atom. The summed E-state index contributed by atoms with van der Waals surface area (Å²) >= 11 is 0. The van der Waals surface area contributed by atoms with Gasteiger partial charge in [0, 0.05) is 29.2 Å². The van der Waals surface area contributed by atoms with E-state index in [0.29, 0.717) is 12.1 Å². The van der Waals surface area contributed by atoms with Gasteiger partial charge in [0.2, 0.25) is 0 Å². The van der Waals surface area contributed by atoms with Gasteiger partial charge in [0.1, 0.15) is 0 Å². The molecule has 0 saturated heterocycles. The number of hydrogen-bond donors (Lipinski definition) is 2. The lowest BCUT2D eigenvalue weighted by Crippen LogP contribution is -2.26. The van der Waals surface area contributed by atoms with Crippen molar-refractivity contribution in [1.82, 2.24) is 20.1 Å². The molecule has 26 heavy (non-hydrogen) atoms. The van der Waals surface area contributed by atoms with E-state index in [9.17, 15) is 4.79 Å². The average molecular weight is 350 g/mol. The quantitative estimate of drug-likeness (QED) is 0.716. The summed E-state index contributed by atoms with van der Waals surface area (Å²) in [5.41, 5.74) is 4.44. The van der Waals surface area contributed by atoms with E-state index in [1.165, 1.54) is 0 Å². The van der Waals surface area contributed by atoms with Crippen molar-refractivity contribution in [2.75, 3.05) is 6.61 Å². The molecule has 0 aliphatic heterocycles. The Bertz CT molecular complexity index is 870. The van der Waals surface area contributed by atoms with Crippen LogP contribution in [0.2, 0.25) is 0 Å². The second-order valence-corrected chi connectivity index (χ2v) is 6.22. The molecule has 2 N–H and O–H groups in total. The third kappa shape index (κ3) is 4.15. The normalized spacial score (nSPS) is 12.0. The number of pyridine rings is 1. The zero-order valence-electron chi connectivity index (χ0n) is 14.9. The van der Waals surface area contributed by atoms with Crippen LogP contribution in [0.15, 0.2) is 55.0 Å². The Hall–Kier alpha value is -2.99. The maximum Gasteiger partial charge on any atom is 0.251 e. The molecule has 134 valence electrons. The van der Waals surface area contributed by atoms with E-state index in [2.05, 4.69) is 15.4 Å². The highest BCUT2D eigenvalue weighted by atomic mass is 16.3. The van der Waals surface area contributed by atoms with Crippen LogP contribution in [-0.2, 0) is 6.54 Å². The number of aryl methyl sites for hydroxylation is 1. The fourth-order valence-electron chi connectivity index (χ4n) is 2.65. The SMILES string of the molecule is Cc1ccc(C(C)NC(=O)c2ccc(-c3cnn(CCO)c3)cc2)cn1. The van der Waals surface area contributed by atoms with Crippen LogP contribution in [0.5, 0.6) is 0 Å². The highest BCUT2D eigenvalue weighted by Crippen LogP contribution is 2.20. The summed E-state index contributed by atoms with van der Waals surface area (Å²) in [7, 11) is 0. The van der Waals surface area contributed by atoms with Gasteiger partial charge in [-0.15, -0.1) is 0 Å². The van der Waals surface area contributed by atoms with Gasteiger partial charge in [-0.2, -0.15) is 5.10 Å². The van der Waals surface area contributed by atoms with Crippen molar-refractivity contribution in [2.24, 2.45) is 0 Å². The van der Waals surface area contributed by atoms with Gasteiger partial charge >= 0.3 is 0 Å². The number of carbonyl (C=O) groups excluding carboxylic acids is 1. The molecular formula is C20H22N4O2. The number of carbonyl (C=O) groups is 1. The maximum absolute atomic E-state index is 12.5. The smallest absolute Gasteiger partial charge is 0.251 e. The first kappa shape index (κ1) is 17.8. The zero-order valence-corrected chi connectivity index (χ0v) is 14.9. The van der Waals surface area contributed by atoms with E-state index in [4.69, 9.17) is 5.11 Å². The van der Waals surface area contributed by atoms with Crippen LogP contribution in [-0.4, -0.2) is 32.4 Å². The predicted octanol–water partition coefficient (Wildman–Crippen LogP) is 2.74. The molecule has 0 fully saturated rings. The van der Waals surface area contributed by atoms with Crippen molar-refractivity contribution in [1.29, 1.82) is 0 Å². The number of amides is 1. The molecule has 2 aromatic heterocycles. The molecule has 0 saturated carbocycles. The molecule has 2 heterocycles. The Balaban J connectivity index is 1.67. The minimum absolute atomic E-state index is 0.0505. The highest BCUT2D eigenvalue weighted by Gasteiger charge is 2.12. The maximum atomic E-state index is 12.5. The molecule has 3 aromatic rings. The summed E-state index contributed by atoms with van der Waals surface area (Å²) in [4.78, 5) is 16.7. The molecule has 0 aliphatic rings.